The fraction of sp³-hybridized carbons (Fsp3) is 0.929. The van der Waals surface area contributed by atoms with Crippen LogP contribution in [0.3, 0.4) is 0 Å². The minimum absolute atomic E-state index is 0.258. The number of rotatable bonds is 6. The normalized spacial score (nSPS) is 14.3. The van der Waals surface area contributed by atoms with Crippen molar-refractivity contribution in [1.29, 1.82) is 0 Å². The highest BCUT2D eigenvalue weighted by molar-refractivity contribution is 5.78. The summed E-state index contributed by atoms with van der Waals surface area (Å²) < 4.78 is 0. The van der Waals surface area contributed by atoms with Crippen LogP contribution in [0.25, 0.3) is 0 Å². The largest absolute Gasteiger partial charge is 0.300 e. The van der Waals surface area contributed by atoms with E-state index in [-0.39, 0.29) is 5.41 Å². The molecule has 1 heteroatoms. The molecule has 0 bridgehead atoms. The quantitative estimate of drug-likeness (QED) is 0.635. The molecule has 0 aliphatic heterocycles. The molecule has 0 N–H and O–H groups in total. The topological polar surface area (TPSA) is 17.1 Å². The maximum absolute atomic E-state index is 11.7. The van der Waals surface area contributed by atoms with E-state index in [0.717, 1.165) is 25.2 Å². The lowest BCUT2D eigenvalue weighted by molar-refractivity contribution is -0.120. The fourth-order valence-electron chi connectivity index (χ4n) is 1.46. The molecule has 1 nitrogen and oxygen atoms in total. The molecule has 0 aliphatic carbocycles. The van der Waals surface area contributed by atoms with Crippen LogP contribution in [-0.4, -0.2) is 5.78 Å². The third kappa shape index (κ3) is 7.58. The molecule has 0 aromatic rings. The molecule has 0 saturated heterocycles. The summed E-state index contributed by atoms with van der Waals surface area (Å²) in [5.74, 6) is 1.65. The van der Waals surface area contributed by atoms with Gasteiger partial charge < -0.3 is 0 Å². The molecule has 0 fully saturated rings. The average Bonchev–Trinajstić information content (AvgIpc) is 2.01. The first-order valence-electron chi connectivity index (χ1n) is 6.25. The summed E-state index contributed by atoms with van der Waals surface area (Å²) in [6.07, 6.45) is 3.77. The van der Waals surface area contributed by atoms with Crippen molar-refractivity contribution < 1.29 is 4.79 Å². The van der Waals surface area contributed by atoms with Gasteiger partial charge in [-0.2, -0.15) is 0 Å². The van der Waals surface area contributed by atoms with Crippen molar-refractivity contribution in [2.24, 2.45) is 17.3 Å². The van der Waals surface area contributed by atoms with E-state index in [4.69, 9.17) is 0 Å². The molecule has 0 spiro atoms. The van der Waals surface area contributed by atoms with Crippen LogP contribution < -0.4 is 0 Å². The van der Waals surface area contributed by atoms with Gasteiger partial charge in [-0.1, -0.05) is 48.0 Å². The highest BCUT2D eigenvalue weighted by Crippen LogP contribution is 2.28. The van der Waals surface area contributed by atoms with Crippen LogP contribution in [0.2, 0.25) is 0 Å². The molecule has 0 radical (unpaired) electrons. The van der Waals surface area contributed by atoms with Crippen molar-refractivity contribution in [3.8, 4) is 0 Å². The molecule has 0 rings (SSSR count). The monoisotopic (exact) mass is 212 g/mol. The molecule has 0 aromatic heterocycles. The molecule has 0 aromatic carbocycles. The zero-order chi connectivity index (χ0) is 12.1. The smallest absolute Gasteiger partial charge is 0.133 e. The Balaban J connectivity index is 3.75. The van der Waals surface area contributed by atoms with E-state index in [0.29, 0.717) is 11.7 Å². The lowest BCUT2D eigenvalue weighted by Gasteiger charge is -2.26. The van der Waals surface area contributed by atoms with E-state index in [1.807, 2.05) is 0 Å². The Hall–Kier alpha value is -0.330. The first-order valence-corrected chi connectivity index (χ1v) is 6.25. The summed E-state index contributed by atoms with van der Waals surface area (Å²) in [6.45, 7) is 13.2. The summed E-state index contributed by atoms with van der Waals surface area (Å²) in [6, 6.07) is 0. The van der Waals surface area contributed by atoms with Crippen molar-refractivity contribution in [3.05, 3.63) is 0 Å². The van der Waals surface area contributed by atoms with Crippen molar-refractivity contribution in [2.75, 3.05) is 0 Å². The molecule has 0 heterocycles. The van der Waals surface area contributed by atoms with Crippen LogP contribution in [0.1, 0.15) is 67.2 Å². The van der Waals surface area contributed by atoms with E-state index in [9.17, 15) is 4.79 Å². The predicted molar refractivity (Wildman–Crippen MR) is 66.9 cm³/mol. The number of carbonyl (C=O) groups excluding carboxylic acids is 1. The fourth-order valence-corrected chi connectivity index (χ4v) is 1.46. The molecular formula is C14H28O. The maximum atomic E-state index is 11.7. The van der Waals surface area contributed by atoms with Gasteiger partial charge in [-0.25, -0.2) is 0 Å². The van der Waals surface area contributed by atoms with Gasteiger partial charge in [-0.15, -0.1) is 0 Å². The second-order valence-corrected chi connectivity index (χ2v) is 6.30. The molecule has 0 aliphatic rings. The highest BCUT2D eigenvalue weighted by Gasteiger charge is 2.22. The van der Waals surface area contributed by atoms with E-state index in [1.165, 1.54) is 6.42 Å². The van der Waals surface area contributed by atoms with E-state index < -0.39 is 0 Å². The van der Waals surface area contributed by atoms with Gasteiger partial charge in [0.1, 0.15) is 5.78 Å². The zero-order valence-corrected chi connectivity index (χ0v) is 11.4. The number of hydrogen-bond acceptors (Lipinski definition) is 1. The third-order valence-corrected chi connectivity index (χ3v) is 3.25. The van der Waals surface area contributed by atoms with Crippen LogP contribution in [0.5, 0.6) is 0 Å². The second kappa shape index (κ2) is 6.30. The Labute approximate surface area is 95.6 Å². The second-order valence-electron chi connectivity index (χ2n) is 6.30. The van der Waals surface area contributed by atoms with Crippen LogP contribution in [0.15, 0.2) is 0 Å². The Bertz CT molecular complexity index is 186. The summed E-state index contributed by atoms with van der Waals surface area (Å²) in [5.41, 5.74) is 0.258. The number of Topliss-reactive ketones (excluding diaryl/α,β-unsaturated/α-hetero) is 1. The van der Waals surface area contributed by atoms with Gasteiger partial charge in [0.25, 0.3) is 0 Å². The van der Waals surface area contributed by atoms with E-state index in [1.54, 1.807) is 0 Å². The molecule has 1 unspecified atom stereocenters. The number of ketones is 1. The molecule has 90 valence electrons. The highest BCUT2D eigenvalue weighted by atomic mass is 16.1. The third-order valence-electron chi connectivity index (χ3n) is 3.25. The Morgan fingerprint density at radius 1 is 1.13 bits per heavy atom. The van der Waals surface area contributed by atoms with Gasteiger partial charge in [0.15, 0.2) is 0 Å². The summed E-state index contributed by atoms with van der Waals surface area (Å²) >= 11 is 0. The van der Waals surface area contributed by atoms with Crippen molar-refractivity contribution in [3.63, 3.8) is 0 Å². The number of hydrogen-bond donors (Lipinski definition) is 0. The van der Waals surface area contributed by atoms with Crippen molar-refractivity contribution >= 4 is 5.78 Å². The molecule has 0 amide bonds. The van der Waals surface area contributed by atoms with Gasteiger partial charge in [0.05, 0.1) is 0 Å². The zero-order valence-electron chi connectivity index (χ0n) is 11.4. The van der Waals surface area contributed by atoms with Crippen LogP contribution in [-0.2, 0) is 4.79 Å². The first-order chi connectivity index (χ1) is 6.73. The van der Waals surface area contributed by atoms with Crippen molar-refractivity contribution in [2.45, 2.75) is 67.2 Å². The SMILES string of the molecule is CC(C)CCCC(=O)CC(C)C(C)(C)C. The average molecular weight is 212 g/mol. The Kier molecular flexibility index (Phi) is 6.16. The summed E-state index contributed by atoms with van der Waals surface area (Å²) in [5, 5.41) is 0. The lowest BCUT2D eigenvalue weighted by atomic mass is 9.79. The van der Waals surface area contributed by atoms with Crippen LogP contribution >= 0.6 is 0 Å². The van der Waals surface area contributed by atoms with E-state index in [2.05, 4.69) is 41.5 Å². The van der Waals surface area contributed by atoms with Gasteiger partial charge in [0.2, 0.25) is 0 Å². The number of carbonyl (C=O) groups is 1. The van der Waals surface area contributed by atoms with Gasteiger partial charge in [-0.3, -0.25) is 4.79 Å². The van der Waals surface area contributed by atoms with Gasteiger partial charge >= 0.3 is 0 Å². The van der Waals surface area contributed by atoms with Gasteiger partial charge in [0, 0.05) is 12.8 Å². The van der Waals surface area contributed by atoms with E-state index >= 15 is 0 Å². The van der Waals surface area contributed by atoms with Crippen LogP contribution in [0, 0.1) is 17.3 Å². The molecule has 1 atom stereocenters. The molecular weight excluding hydrogens is 184 g/mol. The molecule has 15 heavy (non-hydrogen) atoms. The minimum Gasteiger partial charge on any atom is -0.300 e. The minimum atomic E-state index is 0.258. The first kappa shape index (κ1) is 14.7. The maximum Gasteiger partial charge on any atom is 0.133 e. The Morgan fingerprint density at radius 3 is 2.07 bits per heavy atom. The predicted octanol–water partition coefficient (Wildman–Crippen LogP) is 4.45. The summed E-state index contributed by atoms with van der Waals surface area (Å²) in [7, 11) is 0. The lowest BCUT2D eigenvalue weighted by Crippen LogP contribution is -2.20. The van der Waals surface area contributed by atoms with Gasteiger partial charge in [-0.05, 0) is 23.7 Å². The molecule has 0 saturated carbocycles. The van der Waals surface area contributed by atoms with Crippen LogP contribution in [0.4, 0.5) is 0 Å². The summed E-state index contributed by atoms with van der Waals surface area (Å²) in [4.78, 5) is 11.7. The van der Waals surface area contributed by atoms with Crippen molar-refractivity contribution in [1.82, 2.24) is 0 Å². The Morgan fingerprint density at radius 2 is 1.67 bits per heavy atom. The standard InChI is InChI=1S/C14H28O/c1-11(2)8-7-9-13(15)10-12(3)14(4,5)6/h11-12H,7-10H2,1-6H3.